The van der Waals surface area contributed by atoms with E-state index in [4.69, 9.17) is 9.84 Å². The van der Waals surface area contributed by atoms with Crippen LogP contribution in [0.2, 0.25) is 0 Å². The summed E-state index contributed by atoms with van der Waals surface area (Å²) in [6.45, 7) is -0.412. The fraction of sp³-hybridized carbons (Fsp3) is 0.105. The molecule has 0 aliphatic carbocycles. The van der Waals surface area contributed by atoms with Crippen molar-refractivity contribution in [3.8, 4) is 5.75 Å². The van der Waals surface area contributed by atoms with E-state index in [2.05, 4.69) is 4.99 Å². The Kier molecular flexibility index (Phi) is 5.38. The maximum Gasteiger partial charge on any atom is 0.341 e. The Morgan fingerprint density at radius 2 is 2.00 bits per heavy atom. The average molecular weight is 368 g/mol. The molecule has 1 N–H and O–H groups in total. The number of hydrogen-bond acceptors (Lipinski definition) is 5. The molecule has 7 heteroatoms. The second kappa shape index (κ2) is 7.88. The van der Waals surface area contributed by atoms with Gasteiger partial charge in [-0.25, -0.2) is 9.79 Å². The summed E-state index contributed by atoms with van der Waals surface area (Å²) in [5.74, 6) is -0.746. The molecule has 1 aliphatic heterocycles. The first-order valence-electron chi connectivity index (χ1n) is 7.79. The van der Waals surface area contributed by atoms with Crippen LogP contribution in [0.3, 0.4) is 0 Å². The van der Waals surface area contributed by atoms with Gasteiger partial charge >= 0.3 is 5.97 Å². The average Bonchev–Trinajstić information content (AvgIpc) is 2.89. The van der Waals surface area contributed by atoms with Gasteiger partial charge in [-0.2, -0.15) is 0 Å². The number of benzene rings is 2. The smallest absolute Gasteiger partial charge is 0.341 e. The van der Waals surface area contributed by atoms with E-state index in [1.807, 2.05) is 36.4 Å². The number of carbonyl (C=O) groups is 2. The molecule has 132 valence electrons. The van der Waals surface area contributed by atoms with Crippen LogP contribution >= 0.6 is 11.8 Å². The molecule has 0 bridgehead atoms. The number of rotatable bonds is 5. The number of carboxylic acid groups (broad SMARTS) is 1. The number of hydrogen-bond donors (Lipinski definition) is 1. The third-order valence-electron chi connectivity index (χ3n) is 3.50. The summed E-state index contributed by atoms with van der Waals surface area (Å²) in [6.07, 6.45) is 1.74. The van der Waals surface area contributed by atoms with E-state index in [9.17, 15) is 9.59 Å². The third kappa shape index (κ3) is 4.31. The van der Waals surface area contributed by atoms with E-state index >= 15 is 0 Å². The van der Waals surface area contributed by atoms with Gasteiger partial charge in [0.1, 0.15) is 5.75 Å². The van der Waals surface area contributed by atoms with Crippen molar-refractivity contribution in [2.75, 3.05) is 13.7 Å². The summed E-state index contributed by atoms with van der Waals surface area (Å²) in [4.78, 5) is 29.6. The number of aliphatic imine (C=N–C) groups is 1. The molecule has 0 radical (unpaired) electrons. The van der Waals surface area contributed by atoms with Crippen LogP contribution in [-0.2, 0) is 9.59 Å². The molecule has 1 amide bonds. The van der Waals surface area contributed by atoms with Gasteiger partial charge in [-0.3, -0.25) is 9.69 Å². The lowest BCUT2D eigenvalue weighted by Gasteiger charge is -2.06. The van der Waals surface area contributed by atoms with Crippen molar-refractivity contribution in [3.63, 3.8) is 0 Å². The van der Waals surface area contributed by atoms with E-state index < -0.39 is 12.6 Å². The van der Waals surface area contributed by atoms with Crippen molar-refractivity contribution >= 4 is 40.6 Å². The van der Waals surface area contributed by atoms with Crippen LogP contribution in [0, 0.1) is 0 Å². The van der Waals surface area contributed by atoms with Crippen LogP contribution in [0.25, 0.3) is 6.08 Å². The van der Waals surface area contributed by atoms with E-state index in [0.29, 0.717) is 15.8 Å². The van der Waals surface area contributed by atoms with Gasteiger partial charge in [0.05, 0.1) is 10.6 Å². The number of amides is 1. The van der Waals surface area contributed by atoms with Gasteiger partial charge in [-0.1, -0.05) is 30.3 Å². The normalized spacial score (nSPS) is 17.1. The Labute approximate surface area is 154 Å². The van der Waals surface area contributed by atoms with Gasteiger partial charge in [0.15, 0.2) is 11.8 Å². The van der Waals surface area contributed by atoms with Crippen LogP contribution in [0.15, 0.2) is 64.5 Å². The number of likely N-dealkylation sites (N-methyl/N-ethyl adjacent to an activating group) is 1. The second-order valence-corrected chi connectivity index (χ2v) is 6.47. The van der Waals surface area contributed by atoms with Crippen molar-refractivity contribution < 1.29 is 19.4 Å². The minimum Gasteiger partial charge on any atom is -0.482 e. The third-order valence-corrected chi connectivity index (χ3v) is 4.56. The molecular weight excluding hydrogens is 352 g/mol. The molecule has 0 unspecified atom stereocenters. The van der Waals surface area contributed by atoms with E-state index in [-0.39, 0.29) is 5.91 Å². The van der Waals surface area contributed by atoms with Crippen LogP contribution in [0.1, 0.15) is 5.56 Å². The number of carbonyl (C=O) groups excluding carboxylic acids is 1. The van der Waals surface area contributed by atoms with Crippen molar-refractivity contribution in [3.05, 3.63) is 65.1 Å². The van der Waals surface area contributed by atoms with Gasteiger partial charge in [0.2, 0.25) is 0 Å². The lowest BCUT2D eigenvalue weighted by atomic mass is 10.2. The minimum atomic E-state index is -1.04. The molecule has 0 atom stereocenters. The van der Waals surface area contributed by atoms with Gasteiger partial charge in [-0.15, -0.1) is 0 Å². The van der Waals surface area contributed by atoms with Gasteiger partial charge in [-0.05, 0) is 47.7 Å². The highest BCUT2D eigenvalue weighted by Crippen LogP contribution is 2.33. The molecule has 1 aliphatic rings. The molecule has 0 saturated carbocycles. The van der Waals surface area contributed by atoms with E-state index in [1.165, 1.54) is 16.7 Å². The molecule has 1 fully saturated rings. The topological polar surface area (TPSA) is 79.2 Å². The SMILES string of the molecule is CN1C(=O)/C(=C\c2cccc(OCC(=O)O)c2)SC1=Nc1ccccc1. The molecule has 2 aromatic rings. The van der Waals surface area contributed by atoms with Crippen molar-refractivity contribution in [1.29, 1.82) is 0 Å². The predicted molar refractivity (Wildman–Crippen MR) is 101 cm³/mol. The van der Waals surface area contributed by atoms with Gasteiger partial charge < -0.3 is 9.84 Å². The maximum absolute atomic E-state index is 12.5. The molecule has 3 rings (SSSR count). The molecule has 1 heterocycles. The summed E-state index contributed by atoms with van der Waals surface area (Å²) in [6, 6.07) is 16.4. The first-order valence-corrected chi connectivity index (χ1v) is 8.60. The summed E-state index contributed by atoms with van der Waals surface area (Å²) < 4.78 is 5.17. The number of amidine groups is 1. The molecular formula is C19H16N2O4S. The van der Waals surface area contributed by atoms with Crippen LogP contribution in [0.5, 0.6) is 5.75 Å². The number of aliphatic carboxylic acids is 1. The summed E-state index contributed by atoms with van der Waals surface area (Å²) in [5, 5.41) is 9.29. The lowest BCUT2D eigenvalue weighted by molar-refractivity contribution is -0.139. The van der Waals surface area contributed by atoms with Gasteiger partial charge in [0.25, 0.3) is 5.91 Å². The van der Waals surface area contributed by atoms with Crippen molar-refractivity contribution in [2.45, 2.75) is 0 Å². The molecule has 2 aromatic carbocycles. The lowest BCUT2D eigenvalue weighted by Crippen LogP contribution is -2.23. The molecule has 0 aromatic heterocycles. The van der Waals surface area contributed by atoms with Crippen LogP contribution in [0.4, 0.5) is 5.69 Å². The Morgan fingerprint density at radius 3 is 2.73 bits per heavy atom. The highest BCUT2D eigenvalue weighted by atomic mass is 32.2. The fourth-order valence-corrected chi connectivity index (χ4v) is 3.24. The minimum absolute atomic E-state index is 0.137. The summed E-state index contributed by atoms with van der Waals surface area (Å²) in [5.41, 5.74) is 1.53. The Bertz CT molecular complexity index is 893. The van der Waals surface area contributed by atoms with Crippen LogP contribution < -0.4 is 4.74 Å². The number of nitrogens with zero attached hydrogens (tertiary/aromatic N) is 2. The highest BCUT2D eigenvalue weighted by molar-refractivity contribution is 8.18. The predicted octanol–water partition coefficient (Wildman–Crippen LogP) is 3.38. The van der Waals surface area contributed by atoms with Gasteiger partial charge in [0, 0.05) is 7.05 Å². The fourth-order valence-electron chi connectivity index (χ4n) is 2.26. The molecule has 6 nitrogen and oxygen atoms in total. The summed E-state index contributed by atoms with van der Waals surface area (Å²) in [7, 11) is 1.68. The monoisotopic (exact) mass is 368 g/mol. The Hall–Kier alpha value is -3.06. The molecule has 26 heavy (non-hydrogen) atoms. The maximum atomic E-state index is 12.5. The number of para-hydroxylation sites is 1. The van der Waals surface area contributed by atoms with Crippen molar-refractivity contribution in [1.82, 2.24) is 4.90 Å². The Balaban J connectivity index is 1.81. The summed E-state index contributed by atoms with van der Waals surface area (Å²) >= 11 is 1.29. The second-order valence-electron chi connectivity index (χ2n) is 5.46. The number of thioether (sulfide) groups is 1. The highest BCUT2D eigenvalue weighted by Gasteiger charge is 2.30. The van der Waals surface area contributed by atoms with Crippen LogP contribution in [-0.4, -0.2) is 40.7 Å². The Morgan fingerprint density at radius 1 is 1.23 bits per heavy atom. The molecule has 0 spiro atoms. The largest absolute Gasteiger partial charge is 0.482 e. The standard InChI is InChI=1S/C19H16N2O4S/c1-21-18(24)16(26-19(21)20-14-7-3-2-4-8-14)11-13-6-5-9-15(10-13)25-12-17(22)23/h2-11H,12H2,1H3,(H,22,23)/b16-11+,20-19?. The van der Waals surface area contributed by atoms with Crippen molar-refractivity contribution in [2.24, 2.45) is 4.99 Å². The zero-order valence-corrected chi connectivity index (χ0v) is 14.8. The number of carboxylic acids is 1. The zero-order valence-electron chi connectivity index (χ0n) is 14.0. The number of ether oxygens (including phenoxy) is 1. The first kappa shape index (κ1) is 17.8. The quantitative estimate of drug-likeness (QED) is 0.819. The first-order chi connectivity index (χ1) is 12.5. The van der Waals surface area contributed by atoms with E-state index in [1.54, 1.807) is 31.3 Å². The zero-order chi connectivity index (χ0) is 18.5. The van der Waals surface area contributed by atoms with E-state index in [0.717, 1.165) is 11.3 Å². The molecule has 1 saturated heterocycles.